The van der Waals surface area contributed by atoms with Gasteiger partial charge in [-0.15, -0.1) is 0 Å². The van der Waals surface area contributed by atoms with E-state index >= 15 is 0 Å². The van der Waals surface area contributed by atoms with E-state index in [-0.39, 0.29) is 5.78 Å². The van der Waals surface area contributed by atoms with E-state index in [0.717, 1.165) is 35.2 Å². The molecular weight excluding hydrogens is 382 g/mol. The third kappa shape index (κ3) is 3.20. The van der Waals surface area contributed by atoms with Gasteiger partial charge in [-0.05, 0) is 46.5 Å². The first-order valence-electron chi connectivity index (χ1n) is 9.90. The predicted octanol–water partition coefficient (Wildman–Crippen LogP) is 3.28. The first-order valence-corrected chi connectivity index (χ1v) is 9.90. The first kappa shape index (κ1) is 18.4. The summed E-state index contributed by atoms with van der Waals surface area (Å²) in [7, 11) is 1.61. The van der Waals surface area contributed by atoms with Crippen LogP contribution in [-0.4, -0.2) is 33.1 Å². The number of nitrogens with one attached hydrogen (secondary N) is 1. The third-order valence-corrected chi connectivity index (χ3v) is 5.47. The predicted molar refractivity (Wildman–Crippen MR) is 109 cm³/mol. The molecule has 1 aliphatic carbocycles. The summed E-state index contributed by atoms with van der Waals surface area (Å²) in [6.07, 6.45) is 2.16. The molecule has 1 aliphatic heterocycles. The molecular formula is C22H21N5O3. The molecule has 1 unspecified atom stereocenters. The van der Waals surface area contributed by atoms with E-state index in [1.54, 1.807) is 11.8 Å². The number of rotatable bonds is 5. The van der Waals surface area contributed by atoms with Gasteiger partial charge < -0.3 is 14.8 Å². The van der Waals surface area contributed by atoms with Gasteiger partial charge in [-0.1, -0.05) is 41.5 Å². The number of nitrogens with zero attached hydrogens (tertiary/aromatic N) is 4. The number of methoxy groups -OCH3 is 1. The van der Waals surface area contributed by atoms with Crippen LogP contribution in [0.2, 0.25) is 0 Å². The van der Waals surface area contributed by atoms with Crippen molar-refractivity contribution in [2.24, 2.45) is 0 Å². The molecule has 30 heavy (non-hydrogen) atoms. The monoisotopic (exact) mass is 403 g/mol. The number of carbonyl (C=O) groups is 1. The quantitative estimate of drug-likeness (QED) is 0.699. The van der Waals surface area contributed by atoms with Crippen LogP contribution in [0.5, 0.6) is 11.5 Å². The Bertz CT molecular complexity index is 1120. The highest BCUT2D eigenvalue weighted by atomic mass is 16.5. The molecule has 1 N–H and O–H groups in total. The van der Waals surface area contributed by atoms with Crippen molar-refractivity contribution >= 4 is 11.7 Å². The summed E-state index contributed by atoms with van der Waals surface area (Å²) < 4.78 is 13.2. The number of anilines is 1. The normalized spacial score (nSPS) is 17.8. The van der Waals surface area contributed by atoms with Crippen LogP contribution < -0.4 is 14.8 Å². The average Bonchev–Trinajstić information content (AvgIpc) is 3.25. The lowest BCUT2D eigenvalue weighted by Gasteiger charge is -2.31. The molecule has 152 valence electrons. The molecule has 1 aromatic heterocycles. The van der Waals surface area contributed by atoms with Gasteiger partial charge in [-0.2, -0.15) is 4.68 Å². The van der Waals surface area contributed by atoms with Crippen LogP contribution >= 0.6 is 0 Å². The number of hydrogen-bond acceptors (Lipinski definition) is 7. The number of ketones is 1. The second kappa shape index (κ2) is 7.62. The summed E-state index contributed by atoms with van der Waals surface area (Å²) in [5.74, 6) is 1.90. The minimum atomic E-state index is -0.392. The molecule has 2 aromatic carbocycles. The number of benzene rings is 2. The molecule has 0 amide bonds. The molecule has 0 fully saturated rings. The number of Topliss-reactive ketones (excluding diaryl/α,β-unsaturated/α-hetero) is 1. The molecule has 0 saturated carbocycles. The van der Waals surface area contributed by atoms with Gasteiger partial charge in [0, 0.05) is 17.7 Å². The first-order chi connectivity index (χ1) is 14.7. The summed E-state index contributed by atoms with van der Waals surface area (Å²) in [6, 6.07) is 15.3. The van der Waals surface area contributed by atoms with Crippen LogP contribution in [0.15, 0.2) is 59.8 Å². The van der Waals surface area contributed by atoms with Crippen molar-refractivity contribution in [3.8, 4) is 11.5 Å². The van der Waals surface area contributed by atoms with Crippen LogP contribution in [-0.2, 0) is 11.4 Å². The van der Waals surface area contributed by atoms with Gasteiger partial charge in [0.1, 0.15) is 12.6 Å². The molecule has 0 radical (unpaired) electrons. The van der Waals surface area contributed by atoms with Crippen molar-refractivity contribution in [1.29, 1.82) is 0 Å². The molecule has 3 aromatic rings. The van der Waals surface area contributed by atoms with Crippen LogP contribution in [0.4, 0.5) is 5.95 Å². The summed E-state index contributed by atoms with van der Waals surface area (Å²) >= 11 is 0. The fourth-order valence-corrected chi connectivity index (χ4v) is 4.03. The molecule has 8 heteroatoms. The largest absolute Gasteiger partial charge is 0.493 e. The van der Waals surface area contributed by atoms with Gasteiger partial charge in [0.25, 0.3) is 0 Å². The Morgan fingerprint density at radius 3 is 2.83 bits per heavy atom. The molecule has 0 saturated heterocycles. The molecule has 8 nitrogen and oxygen atoms in total. The standard InChI is InChI=1S/C22H21N5O3/c1-29-19-12-15(10-11-18(19)30-13-14-6-3-2-4-7-14)21-20-16(8-5-9-17(20)28)23-22-24-25-26-27(21)22/h2-4,6-7,10-12,21H,5,8-9,13H2,1H3,(H,23,24,26). The molecule has 0 spiro atoms. The van der Waals surface area contributed by atoms with Crippen molar-refractivity contribution in [1.82, 2.24) is 20.2 Å². The number of tetrazole rings is 1. The Labute approximate surface area is 173 Å². The zero-order valence-electron chi connectivity index (χ0n) is 16.5. The summed E-state index contributed by atoms with van der Waals surface area (Å²) in [6.45, 7) is 0.439. The van der Waals surface area contributed by atoms with Gasteiger partial charge >= 0.3 is 0 Å². The summed E-state index contributed by atoms with van der Waals surface area (Å²) in [5.41, 5.74) is 3.57. The van der Waals surface area contributed by atoms with E-state index in [2.05, 4.69) is 20.8 Å². The highest BCUT2D eigenvalue weighted by Gasteiger charge is 2.36. The highest BCUT2D eigenvalue weighted by Crippen LogP contribution is 2.41. The maximum atomic E-state index is 12.8. The Hall–Kier alpha value is -3.68. The molecule has 5 rings (SSSR count). The molecule has 1 atom stereocenters. The Morgan fingerprint density at radius 2 is 2.00 bits per heavy atom. The fourth-order valence-electron chi connectivity index (χ4n) is 4.03. The van der Waals surface area contributed by atoms with Crippen molar-refractivity contribution in [3.63, 3.8) is 0 Å². The van der Waals surface area contributed by atoms with Gasteiger partial charge in [0.15, 0.2) is 17.3 Å². The van der Waals surface area contributed by atoms with Crippen molar-refractivity contribution in [3.05, 3.63) is 70.9 Å². The van der Waals surface area contributed by atoms with Crippen molar-refractivity contribution < 1.29 is 14.3 Å². The van der Waals surface area contributed by atoms with E-state index < -0.39 is 6.04 Å². The summed E-state index contributed by atoms with van der Waals surface area (Å²) in [4.78, 5) is 12.8. The van der Waals surface area contributed by atoms with Crippen molar-refractivity contribution in [2.45, 2.75) is 31.9 Å². The maximum Gasteiger partial charge on any atom is 0.248 e. The van der Waals surface area contributed by atoms with Crippen molar-refractivity contribution in [2.75, 3.05) is 12.4 Å². The summed E-state index contributed by atoms with van der Waals surface area (Å²) in [5, 5.41) is 15.2. The molecule has 0 bridgehead atoms. The fraction of sp³-hybridized carbons (Fsp3) is 0.273. The zero-order chi connectivity index (χ0) is 20.5. The number of fused-ring (bicyclic) bond motifs is 1. The van der Waals surface area contributed by atoms with Crippen LogP contribution in [0.25, 0.3) is 0 Å². The second-order valence-electron chi connectivity index (χ2n) is 7.33. The zero-order valence-corrected chi connectivity index (χ0v) is 16.5. The minimum Gasteiger partial charge on any atom is -0.493 e. The van der Waals surface area contributed by atoms with Crippen LogP contribution in [0, 0.1) is 0 Å². The van der Waals surface area contributed by atoms with E-state index in [1.165, 1.54) is 0 Å². The topological polar surface area (TPSA) is 91.2 Å². The van der Waals surface area contributed by atoms with Gasteiger partial charge in [0.2, 0.25) is 5.95 Å². The van der Waals surface area contributed by atoms with E-state index in [4.69, 9.17) is 9.47 Å². The third-order valence-electron chi connectivity index (χ3n) is 5.47. The minimum absolute atomic E-state index is 0.123. The average molecular weight is 403 g/mol. The van der Waals surface area contributed by atoms with Gasteiger partial charge in [0.05, 0.1) is 7.11 Å². The number of hydrogen-bond donors (Lipinski definition) is 1. The molecule has 2 aliphatic rings. The Balaban J connectivity index is 1.50. The lowest BCUT2D eigenvalue weighted by Crippen LogP contribution is -2.31. The maximum absolute atomic E-state index is 12.8. The van der Waals surface area contributed by atoms with Gasteiger partial charge in [-0.25, -0.2) is 0 Å². The number of aromatic nitrogens is 4. The second-order valence-corrected chi connectivity index (χ2v) is 7.33. The number of carbonyl (C=O) groups excluding carboxylic acids is 1. The van der Waals surface area contributed by atoms with E-state index in [9.17, 15) is 4.79 Å². The Kier molecular flexibility index (Phi) is 4.66. The SMILES string of the molecule is COc1cc(C2C3=C(CCCC3=O)Nc3nnnn32)ccc1OCc1ccccc1. The van der Waals surface area contributed by atoms with Gasteiger partial charge in [-0.3, -0.25) is 4.79 Å². The Morgan fingerprint density at radius 1 is 1.13 bits per heavy atom. The lowest BCUT2D eigenvalue weighted by atomic mass is 9.85. The van der Waals surface area contributed by atoms with Crippen LogP contribution in [0.1, 0.15) is 36.4 Å². The van der Waals surface area contributed by atoms with E-state index in [0.29, 0.717) is 30.5 Å². The smallest absolute Gasteiger partial charge is 0.248 e. The number of ether oxygens (including phenoxy) is 2. The number of allylic oxidation sites excluding steroid dienone is 2. The molecule has 2 heterocycles. The van der Waals surface area contributed by atoms with E-state index in [1.807, 2.05) is 48.5 Å². The van der Waals surface area contributed by atoms with Crippen LogP contribution in [0.3, 0.4) is 0 Å². The lowest BCUT2D eigenvalue weighted by molar-refractivity contribution is -0.116. The highest BCUT2D eigenvalue weighted by molar-refractivity contribution is 5.99.